The molecule has 2 aliphatic rings. The highest BCUT2D eigenvalue weighted by Crippen LogP contribution is 2.36. The molecule has 0 unspecified atom stereocenters. The van der Waals surface area contributed by atoms with E-state index in [-0.39, 0.29) is 37.8 Å². The molecular formula is C21H17N5O8S2. The van der Waals surface area contributed by atoms with Gasteiger partial charge in [-0.15, -0.1) is 0 Å². The summed E-state index contributed by atoms with van der Waals surface area (Å²) in [5, 5.41) is 22.0. The summed E-state index contributed by atoms with van der Waals surface area (Å²) in [6, 6.07) is 8.32. The third kappa shape index (κ3) is 5.52. The van der Waals surface area contributed by atoms with E-state index in [1.54, 1.807) is 24.3 Å². The summed E-state index contributed by atoms with van der Waals surface area (Å²) in [6.45, 7) is 0.350. The standard InChI is InChI=1S/C21H17N5O8S2/c27-19(23-22-14-5-4-13(25(29)30)10-15(14)26(31)32)2-1-7-24-20(28)18(36-21(24)35)9-12-3-6-16-17(8-12)34-11-33-16/h3-6,8-10,22H,1-2,7,11H2,(H,23,27). The number of ether oxygens (including phenoxy) is 2. The zero-order chi connectivity index (χ0) is 25.8. The lowest BCUT2D eigenvalue weighted by molar-refractivity contribution is -0.393. The number of benzene rings is 2. The summed E-state index contributed by atoms with van der Waals surface area (Å²) in [5.41, 5.74) is 4.36. The van der Waals surface area contributed by atoms with Crippen molar-refractivity contribution in [3.8, 4) is 11.5 Å². The number of fused-ring (bicyclic) bond motifs is 1. The summed E-state index contributed by atoms with van der Waals surface area (Å²) in [7, 11) is 0. The van der Waals surface area contributed by atoms with Crippen LogP contribution in [0.4, 0.5) is 17.1 Å². The van der Waals surface area contributed by atoms with Crippen molar-refractivity contribution < 1.29 is 28.9 Å². The summed E-state index contributed by atoms with van der Waals surface area (Å²) in [5.74, 6) is 0.459. The maximum absolute atomic E-state index is 12.8. The number of thioether (sulfide) groups is 1. The highest BCUT2D eigenvalue weighted by Gasteiger charge is 2.32. The molecule has 0 radical (unpaired) electrons. The smallest absolute Gasteiger partial charge is 0.300 e. The van der Waals surface area contributed by atoms with Gasteiger partial charge in [0.1, 0.15) is 10.0 Å². The maximum Gasteiger partial charge on any atom is 0.300 e. The number of hydrazine groups is 1. The number of amides is 2. The van der Waals surface area contributed by atoms with Gasteiger partial charge in [-0.2, -0.15) is 0 Å². The molecule has 2 N–H and O–H groups in total. The molecular weight excluding hydrogens is 514 g/mol. The Kier molecular flexibility index (Phi) is 7.30. The van der Waals surface area contributed by atoms with Crippen LogP contribution in [0.5, 0.6) is 11.5 Å². The Morgan fingerprint density at radius 2 is 1.92 bits per heavy atom. The van der Waals surface area contributed by atoms with Crippen LogP contribution in [0.1, 0.15) is 18.4 Å². The number of nitrogens with one attached hydrogen (secondary N) is 2. The number of nitro benzene ring substituents is 2. The molecule has 36 heavy (non-hydrogen) atoms. The van der Waals surface area contributed by atoms with Crippen molar-refractivity contribution in [2.75, 3.05) is 18.8 Å². The number of nitrogens with zero attached hydrogens (tertiary/aromatic N) is 3. The Morgan fingerprint density at radius 3 is 2.67 bits per heavy atom. The van der Waals surface area contributed by atoms with Crippen LogP contribution in [-0.2, 0) is 9.59 Å². The van der Waals surface area contributed by atoms with Crippen LogP contribution in [0.3, 0.4) is 0 Å². The number of non-ortho nitro benzene ring substituents is 1. The van der Waals surface area contributed by atoms with E-state index in [1.807, 2.05) is 0 Å². The normalized spacial score (nSPS) is 15.3. The fourth-order valence-electron chi connectivity index (χ4n) is 3.33. The van der Waals surface area contributed by atoms with Gasteiger partial charge in [-0.3, -0.25) is 45.6 Å². The van der Waals surface area contributed by atoms with E-state index in [9.17, 15) is 29.8 Å². The Bertz CT molecular complexity index is 1320. The monoisotopic (exact) mass is 531 g/mol. The summed E-state index contributed by atoms with van der Waals surface area (Å²) >= 11 is 6.47. The molecule has 186 valence electrons. The predicted octanol–water partition coefficient (Wildman–Crippen LogP) is 3.36. The molecule has 15 heteroatoms. The van der Waals surface area contributed by atoms with Crippen LogP contribution in [0.25, 0.3) is 6.08 Å². The van der Waals surface area contributed by atoms with Crippen molar-refractivity contribution in [2.45, 2.75) is 12.8 Å². The van der Waals surface area contributed by atoms with Crippen LogP contribution in [0.2, 0.25) is 0 Å². The van der Waals surface area contributed by atoms with Crippen molar-refractivity contribution >= 4 is 63.3 Å². The van der Waals surface area contributed by atoms with Gasteiger partial charge in [0.15, 0.2) is 11.5 Å². The minimum Gasteiger partial charge on any atom is -0.454 e. The number of nitro groups is 2. The van der Waals surface area contributed by atoms with Crippen LogP contribution >= 0.6 is 24.0 Å². The van der Waals surface area contributed by atoms with Crippen LogP contribution in [0.15, 0.2) is 41.3 Å². The van der Waals surface area contributed by atoms with E-state index in [0.29, 0.717) is 20.7 Å². The number of anilines is 1. The van der Waals surface area contributed by atoms with Gasteiger partial charge in [-0.05, 0) is 36.3 Å². The molecule has 0 saturated carbocycles. The topological polar surface area (TPSA) is 166 Å². The molecule has 0 spiro atoms. The molecule has 13 nitrogen and oxygen atoms in total. The van der Waals surface area contributed by atoms with Crippen molar-refractivity contribution in [1.29, 1.82) is 0 Å². The number of hydrogen-bond donors (Lipinski definition) is 2. The largest absolute Gasteiger partial charge is 0.454 e. The zero-order valence-corrected chi connectivity index (χ0v) is 19.9. The second-order valence-electron chi connectivity index (χ2n) is 7.44. The van der Waals surface area contributed by atoms with Crippen molar-refractivity contribution in [3.05, 3.63) is 67.1 Å². The Labute approximate surface area is 212 Å². The molecule has 1 fully saturated rings. The van der Waals surface area contributed by atoms with Crippen molar-refractivity contribution in [3.63, 3.8) is 0 Å². The van der Waals surface area contributed by atoms with Gasteiger partial charge in [0, 0.05) is 19.0 Å². The Balaban J connectivity index is 1.29. The van der Waals surface area contributed by atoms with Crippen LogP contribution < -0.4 is 20.3 Å². The molecule has 2 aromatic rings. The summed E-state index contributed by atoms with van der Waals surface area (Å²) < 4.78 is 11.0. The number of thiocarbonyl (C=S) groups is 1. The molecule has 2 aliphatic heterocycles. The molecule has 2 amide bonds. The fraction of sp³-hybridized carbons (Fsp3) is 0.190. The maximum atomic E-state index is 12.8. The van der Waals surface area contributed by atoms with E-state index < -0.39 is 27.1 Å². The first-order chi connectivity index (χ1) is 17.2. The SMILES string of the molecule is O=C(CCCN1C(=O)C(=Cc2ccc3c(c2)OCO3)SC1=S)NNc1ccc([N+](=O)[O-])cc1[N+](=O)[O-]. The quantitative estimate of drug-likeness (QED) is 0.211. The molecule has 0 aromatic heterocycles. The van der Waals surface area contributed by atoms with E-state index >= 15 is 0 Å². The average Bonchev–Trinajstić information content (AvgIpc) is 3.41. The first-order valence-corrected chi connectivity index (χ1v) is 11.6. The molecule has 4 rings (SSSR count). The number of carbonyl (C=O) groups excluding carboxylic acids is 2. The molecule has 2 heterocycles. The van der Waals surface area contributed by atoms with Gasteiger partial charge in [0.25, 0.3) is 11.6 Å². The predicted molar refractivity (Wildman–Crippen MR) is 133 cm³/mol. The van der Waals surface area contributed by atoms with Crippen molar-refractivity contribution in [2.24, 2.45) is 0 Å². The molecule has 0 bridgehead atoms. The fourth-order valence-corrected chi connectivity index (χ4v) is 4.64. The number of hydrogen-bond acceptors (Lipinski definition) is 11. The van der Waals surface area contributed by atoms with E-state index in [1.165, 1.54) is 4.90 Å². The van der Waals surface area contributed by atoms with Gasteiger partial charge in [-0.1, -0.05) is 30.0 Å². The Morgan fingerprint density at radius 1 is 1.14 bits per heavy atom. The molecule has 0 aliphatic carbocycles. The van der Waals surface area contributed by atoms with Crippen molar-refractivity contribution in [1.82, 2.24) is 10.3 Å². The van der Waals surface area contributed by atoms with Crippen LogP contribution in [0, 0.1) is 20.2 Å². The lowest BCUT2D eigenvalue weighted by Gasteiger charge is -2.14. The first kappa shape index (κ1) is 24.9. The number of rotatable bonds is 9. The van der Waals surface area contributed by atoms with Gasteiger partial charge in [0.2, 0.25) is 12.7 Å². The highest BCUT2D eigenvalue weighted by molar-refractivity contribution is 8.26. The zero-order valence-electron chi connectivity index (χ0n) is 18.3. The first-order valence-electron chi connectivity index (χ1n) is 10.4. The third-order valence-corrected chi connectivity index (χ3v) is 6.46. The number of carbonyl (C=O) groups is 2. The lowest BCUT2D eigenvalue weighted by Crippen LogP contribution is -2.32. The van der Waals surface area contributed by atoms with E-state index in [2.05, 4.69) is 10.9 Å². The Hall–Kier alpha value is -4.24. The molecule has 0 atom stereocenters. The van der Waals surface area contributed by atoms with E-state index in [4.69, 9.17) is 21.7 Å². The van der Waals surface area contributed by atoms with E-state index in [0.717, 1.165) is 35.5 Å². The van der Waals surface area contributed by atoms with Gasteiger partial charge >= 0.3 is 5.69 Å². The second-order valence-corrected chi connectivity index (χ2v) is 9.11. The van der Waals surface area contributed by atoms with Crippen LogP contribution in [-0.4, -0.2) is 44.2 Å². The average molecular weight is 532 g/mol. The highest BCUT2D eigenvalue weighted by atomic mass is 32.2. The second kappa shape index (κ2) is 10.6. The third-order valence-electron chi connectivity index (χ3n) is 5.08. The lowest BCUT2D eigenvalue weighted by atomic mass is 10.2. The minimum absolute atomic E-state index is 0.00789. The molecule has 1 saturated heterocycles. The summed E-state index contributed by atoms with van der Waals surface area (Å²) in [6.07, 6.45) is 1.97. The van der Waals surface area contributed by atoms with Gasteiger partial charge < -0.3 is 9.47 Å². The summed E-state index contributed by atoms with van der Waals surface area (Å²) in [4.78, 5) is 47.3. The minimum atomic E-state index is -0.798. The van der Waals surface area contributed by atoms with Gasteiger partial charge in [-0.25, -0.2) is 0 Å². The molecule has 2 aromatic carbocycles. The van der Waals surface area contributed by atoms with Gasteiger partial charge in [0.05, 0.1) is 20.8 Å².